The highest BCUT2D eigenvalue weighted by molar-refractivity contribution is 5.90. The van der Waals surface area contributed by atoms with Crippen LogP contribution in [-0.2, 0) is 10.2 Å². The number of amides is 1. The van der Waals surface area contributed by atoms with Gasteiger partial charge in [-0.1, -0.05) is 29.8 Å². The molecule has 30 heavy (non-hydrogen) atoms. The average molecular weight is 403 g/mol. The number of likely N-dealkylation sites (tertiary alicyclic amines) is 1. The van der Waals surface area contributed by atoms with Crippen molar-refractivity contribution < 1.29 is 9.32 Å². The van der Waals surface area contributed by atoms with Gasteiger partial charge >= 0.3 is 0 Å². The van der Waals surface area contributed by atoms with Crippen LogP contribution in [0.15, 0.2) is 59.4 Å². The number of nitrogens with zero attached hydrogens (tertiary/aromatic N) is 4. The van der Waals surface area contributed by atoms with Crippen LogP contribution in [0.1, 0.15) is 31.6 Å². The van der Waals surface area contributed by atoms with E-state index in [1.54, 1.807) is 12.4 Å². The highest BCUT2D eigenvalue weighted by Gasteiger charge is 2.54. The van der Waals surface area contributed by atoms with E-state index in [0.717, 1.165) is 49.6 Å². The molecule has 1 saturated heterocycles. The first-order valence-corrected chi connectivity index (χ1v) is 10.5. The van der Waals surface area contributed by atoms with Gasteiger partial charge in [-0.15, -0.1) is 0 Å². The van der Waals surface area contributed by atoms with Crippen molar-refractivity contribution >= 4 is 11.6 Å². The summed E-state index contributed by atoms with van der Waals surface area (Å²) in [6.07, 6.45) is 7.36. The van der Waals surface area contributed by atoms with Gasteiger partial charge in [-0.2, -0.15) is 4.98 Å². The lowest BCUT2D eigenvalue weighted by atomic mass is 9.80. The molecule has 0 bridgehead atoms. The standard InChI is InChI=1S/C23H25N5O2/c29-20(25-19-8-2-1-3-9-19)10-13-28-15-18-7-4-11-23(18,16-28)22-26-21(27-30-22)17-6-5-12-24-14-17/h1-3,5-6,8-9,12,14,18H,4,7,10-11,13,15-16H2,(H,25,29)/t18-,23-/m1/s1. The monoisotopic (exact) mass is 403 g/mol. The maximum atomic E-state index is 12.3. The Balaban J connectivity index is 1.25. The molecule has 0 spiro atoms. The minimum atomic E-state index is -0.0939. The molecule has 154 valence electrons. The molecule has 5 rings (SSSR count). The Kier molecular flexibility index (Phi) is 5.04. The van der Waals surface area contributed by atoms with Crippen LogP contribution < -0.4 is 5.32 Å². The summed E-state index contributed by atoms with van der Waals surface area (Å²) in [6.45, 7) is 2.58. The Morgan fingerprint density at radius 2 is 2.13 bits per heavy atom. The fourth-order valence-corrected chi connectivity index (χ4v) is 4.96. The van der Waals surface area contributed by atoms with Crippen molar-refractivity contribution in [3.8, 4) is 11.4 Å². The normalized spacial score (nSPS) is 23.4. The van der Waals surface area contributed by atoms with Crippen LogP contribution in [0.5, 0.6) is 0 Å². The number of hydrogen-bond acceptors (Lipinski definition) is 6. The molecule has 1 amide bonds. The number of anilines is 1. The Morgan fingerprint density at radius 1 is 1.23 bits per heavy atom. The van der Waals surface area contributed by atoms with Crippen molar-refractivity contribution in [2.24, 2.45) is 5.92 Å². The third-order valence-corrected chi connectivity index (χ3v) is 6.43. The van der Waals surface area contributed by atoms with E-state index in [1.807, 2.05) is 42.5 Å². The van der Waals surface area contributed by atoms with Gasteiger partial charge in [0.25, 0.3) is 0 Å². The summed E-state index contributed by atoms with van der Waals surface area (Å²) >= 11 is 0. The third-order valence-electron chi connectivity index (χ3n) is 6.43. The molecule has 2 atom stereocenters. The summed E-state index contributed by atoms with van der Waals surface area (Å²) in [6, 6.07) is 13.4. The van der Waals surface area contributed by atoms with E-state index in [4.69, 9.17) is 9.51 Å². The lowest BCUT2D eigenvalue weighted by Crippen LogP contribution is -2.33. The SMILES string of the molecule is O=C(CCN1C[C@H]2CCC[C@@]2(c2nc(-c3cccnc3)no2)C1)Nc1ccccc1. The zero-order valence-electron chi connectivity index (χ0n) is 16.8. The van der Waals surface area contributed by atoms with Gasteiger partial charge in [0, 0.05) is 49.7 Å². The van der Waals surface area contributed by atoms with E-state index in [-0.39, 0.29) is 11.3 Å². The van der Waals surface area contributed by atoms with Gasteiger partial charge in [-0.25, -0.2) is 0 Å². The molecule has 2 aromatic heterocycles. The first-order chi connectivity index (χ1) is 14.7. The van der Waals surface area contributed by atoms with Crippen LogP contribution in [0, 0.1) is 5.92 Å². The molecule has 1 N–H and O–H groups in total. The molecular weight excluding hydrogens is 378 g/mol. The van der Waals surface area contributed by atoms with Crippen LogP contribution in [-0.4, -0.2) is 45.6 Å². The quantitative estimate of drug-likeness (QED) is 0.678. The second kappa shape index (κ2) is 7.99. The Morgan fingerprint density at radius 3 is 2.97 bits per heavy atom. The molecule has 1 aliphatic heterocycles. The number of benzene rings is 1. The predicted molar refractivity (Wildman–Crippen MR) is 113 cm³/mol. The Bertz CT molecular complexity index is 1010. The molecule has 1 aromatic carbocycles. The highest BCUT2D eigenvalue weighted by Crippen LogP contribution is 2.50. The molecular formula is C23H25N5O2. The Labute approximate surface area is 175 Å². The fraction of sp³-hybridized carbons (Fsp3) is 0.391. The number of hydrogen-bond donors (Lipinski definition) is 1. The van der Waals surface area contributed by atoms with Gasteiger partial charge in [-0.3, -0.25) is 9.78 Å². The van der Waals surface area contributed by atoms with Crippen molar-refractivity contribution in [3.05, 3.63) is 60.7 Å². The van der Waals surface area contributed by atoms with Crippen LogP contribution in [0.3, 0.4) is 0 Å². The Hall–Kier alpha value is -3.06. The number of fused-ring (bicyclic) bond motifs is 1. The van der Waals surface area contributed by atoms with Crippen molar-refractivity contribution in [2.45, 2.75) is 31.1 Å². The van der Waals surface area contributed by atoms with E-state index < -0.39 is 0 Å². The second-order valence-electron chi connectivity index (χ2n) is 8.31. The third kappa shape index (κ3) is 3.61. The summed E-state index contributed by atoms with van der Waals surface area (Å²) < 4.78 is 5.77. The smallest absolute Gasteiger partial charge is 0.234 e. The van der Waals surface area contributed by atoms with Crippen molar-refractivity contribution in [1.82, 2.24) is 20.0 Å². The topological polar surface area (TPSA) is 84.2 Å². The summed E-state index contributed by atoms with van der Waals surface area (Å²) in [5, 5.41) is 7.19. The van der Waals surface area contributed by atoms with Crippen LogP contribution in [0.2, 0.25) is 0 Å². The van der Waals surface area contributed by atoms with E-state index >= 15 is 0 Å². The molecule has 7 nitrogen and oxygen atoms in total. The zero-order valence-corrected chi connectivity index (χ0v) is 16.8. The van der Waals surface area contributed by atoms with Gasteiger partial charge in [0.05, 0.1) is 5.41 Å². The zero-order chi connectivity index (χ0) is 20.4. The largest absolute Gasteiger partial charge is 0.338 e. The number of para-hydroxylation sites is 1. The lowest BCUT2D eigenvalue weighted by molar-refractivity contribution is -0.116. The van der Waals surface area contributed by atoms with Crippen molar-refractivity contribution in [2.75, 3.05) is 25.0 Å². The first kappa shape index (κ1) is 18.9. The molecule has 2 fully saturated rings. The molecule has 7 heteroatoms. The molecule has 1 saturated carbocycles. The summed E-state index contributed by atoms with van der Waals surface area (Å²) in [7, 11) is 0. The van der Waals surface area contributed by atoms with Crippen LogP contribution in [0.25, 0.3) is 11.4 Å². The fourth-order valence-electron chi connectivity index (χ4n) is 4.96. The number of carbonyl (C=O) groups is 1. The van der Waals surface area contributed by atoms with E-state index in [0.29, 0.717) is 18.2 Å². The minimum Gasteiger partial charge on any atom is -0.338 e. The maximum absolute atomic E-state index is 12.3. The van der Waals surface area contributed by atoms with E-state index in [1.165, 1.54) is 6.42 Å². The molecule has 1 aliphatic carbocycles. The maximum Gasteiger partial charge on any atom is 0.234 e. The van der Waals surface area contributed by atoms with Gasteiger partial charge in [-0.05, 0) is 43.0 Å². The molecule has 3 heterocycles. The van der Waals surface area contributed by atoms with Gasteiger partial charge in [0.2, 0.25) is 17.6 Å². The molecule has 0 radical (unpaired) electrons. The summed E-state index contributed by atoms with van der Waals surface area (Å²) in [5.41, 5.74) is 1.61. The van der Waals surface area contributed by atoms with E-state index in [2.05, 4.69) is 20.4 Å². The van der Waals surface area contributed by atoms with Crippen molar-refractivity contribution in [1.29, 1.82) is 0 Å². The van der Waals surface area contributed by atoms with Crippen molar-refractivity contribution in [3.63, 3.8) is 0 Å². The lowest BCUT2D eigenvalue weighted by Gasteiger charge is -2.24. The number of rotatable bonds is 6. The van der Waals surface area contributed by atoms with Gasteiger partial charge in [0.15, 0.2) is 0 Å². The van der Waals surface area contributed by atoms with Gasteiger partial charge in [0.1, 0.15) is 0 Å². The molecule has 0 unspecified atom stereocenters. The highest BCUT2D eigenvalue weighted by atomic mass is 16.5. The molecule has 2 aliphatic rings. The van der Waals surface area contributed by atoms with Crippen LogP contribution >= 0.6 is 0 Å². The summed E-state index contributed by atoms with van der Waals surface area (Å²) in [4.78, 5) is 23.6. The summed E-state index contributed by atoms with van der Waals surface area (Å²) in [5.74, 6) is 1.87. The molecule has 3 aromatic rings. The number of carbonyl (C=O) groups excluding carboxylic acids is 1. The number of nitrogens with one attached hydrogen (secondary N) is 1. The number of pyridine rings is 1. The average Bonchev–Trinajstić information content (AvgIpc) is 3.48. The van der Waals surface area contributed by atoms with E-state index in [9.17, 15) is 4.79 Å². The number of aromatic nitrogens is 3. The first-order valence-electron chi connectivity index (χ1n) is 10.5. The van der Waals surface area contributed by atoms with Crippen LogP contribution in [0.4, 0.5) is 5.69 Å². The van der Waals surface area contributed by atoms with Gasteiger partial charge < -0.3 is 14.7 Å². The second-order valence-corrected chi connectivity index (χ2v) is 8.31. The predicted octanol–water partition coefficient (Wildman–Crippen LogP) is 3.51. The minimum absolute atomic E-state index is 0.0453.